The second kappa shape index (κ2) is 8.87. The molecule has 5 nitrogen and oxygen atoms in total. The molecule has 5 heteroatoms. The van der Waals surface area contributed by atoms with Crippen LogP contribution in [0.2, 0.25) is 0 Å². The third-order valence-corrected chi connectivity index (χ3v) is 7.96. The van der Waals surface area contributed by atoms with Crippen molar-refractivity contribution in [1.82, 2.24) is 10.2 Å². The fourth-order valence-corrected chi connectivity index (χ4v) is 6.05. The maximum atomic E-state index is 13.4. The summed E-state index contributed by atoms with van der Waals surface area (Å²) in [5.41, 5.74) is 0.552. The van der Waals surface area contributed by atoms with Crippen molar-refractivity contribution in [1.29, 1.82) is 0 Å². The van der Waals surface area contributed by atoms with Crippen LogP contribution in [0.3, 0.4) is 0 Å². The van der Waals surface area contributed by atoms with Crippen LogP contribution in [0.15, 0.2) is 54.6 Å². The van der Waals surface area contributed by atoms with Crippen molar-refractivity contribution >= 4 is 5.91 Å². The molecule has 0 radical (unpaired) electrons. The molecule has 3 aliphatic rings. The summed E-state index contributed by atoms with van der Waals surface area (Å²) >= 11 is 0. The molecule has 0 spiro atoms. The molecule has 0 aromatic heterocycles. The molecule has 5 rings (SSSR count). The number of nitrogens with one attached hydrogen (secondary N) is 1. The van der Waals surface area contributed by atoms with Gasteiger partial charge in [-0.25, -0.2) is 0 Å². The molecule has 2 unspecified atom stereocenters. The number of aliphatic hydroxyl groups is 1. The molecule has 2 aliphatic carbocycles. The fraction of sp³-hybridized carbons (Fsp3) is 0.519. The number of amides is 1. The SMILES string of the molecule is COc1ccccc1CCN1CC2[C@H](C1)[C@H]2NC(=O)C(O)(c1ccccc1)C1CCCC1. The third kappa shape index (κ3) is 3.93. The van der Waals surface area contributed by atoms with E-state index in [1.54, 1.807) is 7.11 Å². The predicted octanol–water partition coefficient (Wildman–Crippen LogP) is 3.36. The zero-order valence-corrected chi connectivity index (χ0v) is 18.9. The van der Waals surface area contributed by atoms with Gasteiger partial charge < -0.3 is 20.1 Å². The topological polar surface area (TPSA) is 61.8 Å². The molecule has 1 heterocycles. The Balaban J connectivity index is 1.18. The lowest BCUT2D eigenvalue weighted by Crippen LogP contribution is -2.51. The molecule has 2 saturated carbocycles. The summed E-state index contributed by atoms with van der Waals surface area (Å²) in [4.78, 5) is 15.9. The Kier molecular flexibility index (Phi) is 5.95. The van der Waals surface area contributed by atoms with E-state index in [2.05, 4.69) is 22.3 Å². The molecule has 32 heavy (non-hydrogen) atoms. The number of benzene rings is 2. The van der Waals surface area contributed by atoms with Crippen molar-refractivity contribution in [3.8, 4) is 5.75 Å². The third-order valence-electron chi connectivity index (χ3n) is 7.96. The van der Waals surface area contributed by atoms with E-state index in [4.69, 9.17) is 4.74 Å². The van der Waals surface area contributed by atoms with Gasteiger partial charge in [0.25, 0.3) is 5.91 Å². The minimum absolute atomic E-state index is 0.000779. The molecule has 2 N–H and O–H groups in total. The number of rotatable bonds is 8. The number of para-hydroxylation sites is 1. The Morgan fingerprint density at radius 3 is 2.41 bits per heavy atom. The molecule has 1 aliphatic heterocycles. The maximum absolute atomic E-state index is 13.4. The number of nitrogens with zero attached hydrogens (tertiary/aromatic N) is 1. The lowest BCUT2D eigenvalue weighted by molar-refractivity contribution is -0.147. The number of carbonyl (C=O) groups excluding carboxylic acids is 1. The van der Waals surface area contributed by atoms with Crippen LogP contribution in [-0.4, -0.2) is 48.7 Å². The Labute approximate surface area is 190 Å². The second-order valence-corrected chi connectivity index (χ2v) is 9.76. The standard InChI is InChI=1S/C27H34N2O3/c1-32-24-14-8-5-9-19(24)15-16-29-17-22-23(18-29)25(22)28-26(30)27(31,21-12-6-7-13-21)20-10-3-2-4-11-20/h2-5,8-11,14,21-23,25,31H,6-7,12-13,15-18H2,1H3,(H,28,30)/t22-,23?,25+,27?/m0/s1. The van der Waals surface area contributed by atoms with Crippen molar-refractivity contribution in [2.75, 3.05) is 26.7 Å². The quantitative estimate of drug-likeness (QED) is 0.669. The number of methoxy groups -OCH3 is 1. The first kappa shape index (κ1) is 21.5. The normalized spacial score (nSPS) is 27.0. The highest BCUT2D eigenvalue weighted by Crippen LogP contribution is 2.47. The Morgan fingerprint density at radius 1 is 1.06 bits per heavy atom. The number of carbonyl (C=O) groups is 1. The van der Waals surface area contributed by atoms with Crippen molar-refractivity contribution in [3.63, 3.8) is 0 Å². The summed E-state index contributed by atoms with van der Waals surface area (Å²) in [6.07, 6.45) is 4.96. The van der Waals surface area contributed by atoms with Gasteiger partial charge in [-0.3, -0.25) is 4.79 Å². The van der Waals surface area contributed by atoms with E-state index in [-0.39, 0.29) is 17.9 Å². The molecule has 1 saturated heterocycles. The smallest absolute Gasteiger partial charge is 0.257 e. The average Bonchev–Trinajstić information content (AvgIpc) is 3.25. The van der Waals surface area contributed by atoms with Gasteiger partial charge in [-0.2, -0.15) is 0 Å². The fourth-order valence-electron chi connectivity index (χ4n) is 6.05. The highest BCUT2D eigenvalue weighted by Gasteiger charge is 2.58. The highest BCUT2D eigenvalue weighted by molar-refractivity contribution is 5.87. The summed E-state index contributed by atoms with van der Waals surface area (Å²) in [6, 6.07) is 17.9. The number of piperidine rings is 1. The first-order valence-corrected chi connectivity index (χ1v) is 12.0. The summed E-state index contributed by atoms with van der Waals surface area (Å²) in [5, 5.41) is 14.9. The van der Waals surface area contributed by atoms with E-state index in [0.717, 1.165) is 63.1 Å². The molecule has 0 bridgehead atoms. The van der Waals surface area contributed by atoms with E-state index >= 15 is 0 Å². The van der Waals surface area contributed by atoms with E-state index in [9.17, 15) is 9.90 Å². The number of hydrogen-bond acceptors (Lipinski definition) is 4. The first-order valence-electron chi connectivity index (χ1n) is 12.0. The Hall–Kier alpha value is -2.37. The van der Waals surface area contributed by atoms with Gasteiger partial charge in [-0.1, -0.05) is 61.4 Å². The van der Waals surface area contributed by atoms with Gasteiger partial charge in [0.15, 0.2) is 5.60 Å². The molecule has 2 aromatic carbocycles. The zero-order chi connectivity index (χ0) is 22.1. The van der Waals surface area contributed by atoms with Crippen molar-refractivity contribution in [2.45, 2.75) is 43.7 Å². The van der Waals surface area contributed by atoms with Crippen LogP contribution in [0, 0.1) is 17.8 Å². The largest absolute Gasteiger partial charge is 0.496 e. The highest BCUT2D eigenvalue weighted by atomic mass is 16.5. The van der Waals surface area contributed by atoms with Crippen LogP contribution in [-0.2, 0) is 16.8 Å². The van der Waals surface area contributed by atoms with Crippen LogP contribution in [0.25, 0.3) is 0 Å². The lowest BCUT2D eigenvalue weighted by atomic mass is 9.79. The summed E-state index contributed by atoms with van der Waals surface area (Å²) in [5.74, 6) is 1.76. The summed E-state index contributed by atoms with van der Waals surface area (Å²) < 4.78 is 5.47. The van der Waals surface area contributed by atoms with Gasteiger partial charge in [-0.15, -0.1) is 0 Å². The lowest BCUT2D eigenvalue weighted by Gasteiger charge is -2.33. The molecule has 2 aromatic rings. The number of hydrogen-bond donors (Lipinski definition) is 2. The molecule has 170 valence electrons. The number of likely N-dealkylation sites (tertiary alicyclic amines) is 1. The summed E-state index contributed by atoms with van der Waals surface area (Å²) in [6.45, 7) is 3.03. The van der Waals surface area contributed by atoms with Crippen LogP contribution in [0.4, 0.5) is 0 Å². The van der Waals surface area contributed by atoms with Crippen LogP contribution < -0.4 is 10.1 Å². The molecule has 4 atom stereocenters. The number of fused-ring (bicyclic) bond motifs is 1. The van der Waals surface area contributed by atoms with E-state index < -0.39 is 5.60 Å². The van der Waals surface area contributed by atoms with Gasteiger partial charge in [0.05, 0.1) is 7.11 Å². The monoisotopic (exact) mass is 434 g/mol. The van der Waals surface area contributed by atoms with E-state index in [1.807, 2.05) is 42.5 Å². The van der Waals surface area contributed by atoms with Gasteiger partial charge >= 0.3 is 0 Å². The van der Waals surface area contributed by atoms with Gasteiger partial charge in [0.2, 0.25) is 0 Å². The molecule has 1 amide bonds. The van der Waals surface area contributed by atoms with E-state index in [1.165, 1.54) is 5.56 Å². The zero-order valence-electron chi connectivity index (χ0n) is 18.9. The van der Waals surface area contributed by atoms with Gasteiger partial charge in [-0.05, 0) is 48.3 Å². The van der Waals surface area contributed by atoms with Crippen LogP contribution >= 0.6 is 0 Å². The van der Waals surface area contributed by atoms with Crippen molar-refractivity contribution in [2.24, 2.45) is 17.8 Å². The second-order valence-electron chi connectivity index (χ2n) is 9.76. The van der Waals surface area contributed by atoms with Gasteiger partial charge in [0, 0.05) is 31.6 Å². The van der Waals surface area contributed by atoms with Crippen molar-refractivity contribution < 1.29 is 14.6 Å². The molecule has 3 fully saturated rings. The average molecular weight is 435 g/mol. The van der Waals surface area contributed by atoms with Crippen molar-refractivity contribution in [3.05, 3.63) is 65.7 Å². The van der Waals surface area contributed by atoms with Gasteiger partial charge in [0.1, 0.15) is 5.75 Å². The molecular weight excluding hydrogens is 400 g/mol. The first-order chi connectivity index (χ1) is 15.6. The maximum Gasteiger partial charge on any atom is 0.257 e. The number of ether oxygens (including phenoxy) is 1. The minimum Gasteiger partial charge on any atom is -0.496 e. The van der Waals surface area contributed by atoms with E-state index in [0.29, 0.717) is 11.8 Å². The Bertz CT molecular complexity index is 931. The minimum atomic E-state index is -1.42. The van der Waals surface area contributed by atoms with Crippen LogP contribution in [0.5, 0.6) is 5.75 Å². The Morgan fingerprint density at radius 2 is 1.72 bits per heavy atom. The summed E-state index contributed by atoms with van der Waals surface area (Å²) in [7, 11) is 1.72. The molecular formula is C27H34N2O3. The predicted molar refractivity (Wildman–Crippen MR) is 124 cm³/mol. The van der Waals surface area contributed by atoms with Crippen LogP contribution in [0.1, 0.15) is 36.8 Å².